The van der Waals surface area contributed by atoms with Crippen molar-refractivity contribution in [2.75, 3.05) is 23.7 Å². The number of carbonyl (C=O) groups excluding carboxylic acids is 2. The summed E-state index contributed by atoms with van der Waals surface area (Å²) in [6.07, 6.45) is 2.50. The number of amides is 2. The molecule has 0 radical (unpaired) electrons. The molecule has 1 aliphatic heterocycles. The van der Waals surface area contributed by atoms with Gasteiger partial charge in [-0.05, 0) is 73.3 Å². The Balaban J connectivity index is 1.45. The van der Waals surface area contributed by atoms with Gasteiger partial charge in [-0.3, -0.25) is 14.5 Å². The molecule has 5 nitrogen and oxygen atoms in total. The Kier molecular flexibility index (Phi) is 6.47. The van der Waals surface area contributed by atoms with Crippen LogP contribution in [0.3, 0.4) is 0 Å². The minimum atomic E-state index is -0.253. The van der Waals surface area contributed by atoms with Gasteiger partial charge in [0.25, 0.3) is 11.8 Å². The molecule has 1 saturated heterocycles. The highest BCUT2D eigenvalue weighted by atomic mass is 35.5. The molecule has 1 fully saturated rings. The summed E-state index contributed by atoms with van der Waals surface area (Å²) in [5.74, 6) is -0.504. The van der Waals surface area contributed by atoms with E-state index in [9.17, 15) is 9.59 Å². The molecule has 154 valence electrons. The van der Waals surface area contributed by atoms with Gasteiger partial charge in [-0.15, -0.1) is 11.3 Å². The van der Waals surface area contributed by atoms with Crippen LogP contribution in [0.15, 0.2) is 60.0 Å². The molecule has 2 amide bonds. The number of nitrogens with one attached hydrogen (secondary N) is 2. The summed E-state index contributed by atoms with van der Waals surface area (Å²) < 4.78 is 0. The van der Waals surface area contributed by atoms with Gasteiger partial charge in [0.05, 0.1) is 15.6 Å². The zero-order chi connectivity index (χ0) is 20.9. The van der Waals surface area contributed by atoms with Gasteiger partial charge in [0, 0.05) is 17.8 Å². The third-order valence-corrected chi connectivity index (χ3v) is 6.21. The van der Waals surface area contributed by atoms with Crippen molar-refractivity contribution in [3.8, 4) is 0 Å². The van der Waals surface area contributed by atoms with E-state index in [0.717, 1.165) is 25.3 Å². The number of benzene rings is 2. The van der Waals surface area contributed by atoms with Crippen molar-refractivity contribution in [1.82, 2.24) is 4.90 Å². The van der Waals surface area contributed by atoms with E-state index in [-0.39, 0.29) is 11.8 Å². The lowest BCUT2D eigenvalue weighted by atomic mass is 10.1. The van der Waals surface area contributed by atoms with Gasteiger partial charge < -0.3 is 10.6 Å². The standard InChI is InChI=1S/C23H22ClN3O2S/c24-19-9-8-17(14-20(19)26-23(29)21-7-4-12-30-21)22(28)25-18-6-3-5-16(13-18)15-27-10-1-2-11-27/h3-9,12-14H,1-2,10-11,15H2,(H,25,28)(H,26,29). The van der Waals surface area contributed by atoms with Crippen LogP contribution in [0.25, 0.3) is 0 Å². The molecule has 0 aliphatic carbocycles. The number of carbonyl (C=O) groups is 2. The van der Waals surface area contributed by atoms with Crippen molar-refractivity contribution in [1.29, 1.82) is 0 Å². The molecule has 2 aromatic carbocycles. The number of halogens is 1. The van der Waals surface area contributed by atoms with Gasteiger partial charge in [-0.2, -0.15) is 0 Å². The van der Waals surface area contributed by atoms with E-state index in [1.807, 2.05) is 29.6 Å². The Morgan fingerprint density at radius 3 is 2.57 bits per heavy atom. The van der Waals surface area contributed by atoms with Gasteiger partial charge in [-0.1, -0.05) is 29.8 Å². The quantitative estimate of drug-likeness (QED) is 0.533. The van der Waals surface area contributed by atoms with Crippen LogP contribution in [0.4, 0.5) is 11.4 Å². The third kappa shape index (κ3) is 5.08. The maximum Gasteiger partial charge on any atom is 0.265 e. The minimum absolute atomic E-state index is 0.251. The molecule has 0 bridgehead atoms. The Labute approximate surface area is 184 Å². The molecule has 0 unspecified atom stereocenters. The number of thiophene rings is 1. The molecule has 30 heavy (non-hydrogen) atoms. The number of hydrogen-bond donors (Lipinski definition) is 2. The van der Waals surface area contributed by atoms with Crippen LogP contribution in [-0.4, -0.2) is 29.8 Å². The van der Waals surface area contributed by atoms with Crippen LogP contribution in [0.5, 0.6) is 0 Å². The summed E-state index contributed by atoms with van der Waals surface area (Å²) in [6, 6.07) is 16.3. The molecule has 2 heterocycles. The van der Waals surface area contributed by atoms with Crippen LogP contribution in [0.1, 0.15) is 38.4 Å². The molecule has 0 spiro atoms. The SMILES string of the molecule is O=C(Nc1cccc(CN2CCCC2)c1)c1ccc(Cl)c(NC(=O)c2cccs2)c1. The molecular weight excluding hydrogens is 418 g/mol. The number of anilines is 2. The fourth-order valence-electron chi connectivity index (χ4n) is 3.50. The predicted octanol–water partition coefficient (Wildman–Crippen LogP) is 5.50. The molecule has 1 aliphatic rings. The Hall–Kier alpha value is -2.67. The second-order valence-corrected chi connectivity index (χ2v) is 8.62. The normalized spacial score (nSPS) is 13.9. The first kappa shape index (κ1) is 20.6. The maximum absolute atomic E-state index is 12.8. The van der Waals surface area contributed by atoms with Gasteiger partial charge >= 0.3 is 0 Å². The Morgan fingerprint density at radius 2 is 1.80 bits per heavy atom. The fourth-order valence-corrected chi connectivity index (χ4v) is 4.29. The van der Waals surface area contributed by atoms with E-state index in [1.165, 1.54) is 29.7 Å². The van der Waals surface area contributed by atoms with E-state index in [1.54, 1.807) is 24.3 Å². The lowest BCUT2D eigenvalue weighted by Gasteiger charge is -2.15. The molecule has 1 aromatic heterocycles. The second-order valence-electron chi connectivity index (χ2n) is 7.26. The summed E-state index contributed by atoms with van der Waals surface area (Å²) in [5.41, 5.74) is 2.75. The van der Waals surface area contributed by atoms with E-state index in [2.05, 4.69) is 21.6 Å². The molecule has 0 saturated carbocycles. The Morgan fingerprint density at radius 1 is 0.967 bits per heavy atom. The summed E-state index contributed by atoms with van der Waals surface area (Å²) in [4.78, 5) is 28.1. The van der Waals surface area contributed by atoms with E-state index < -0.39 is 0 Å². The molecule has 4 rings (SSSR count). The molecule has 2 N–H and O–H groups in total. The lowest BCUT2D eigenvalue weighted by molar-refractivity contribution is 0.101. The number of nitrogens with zero attached hydrogens (tertiary/aromatic N) is 1. The van der Waals surface area contributed by atoms with E-state index >= 15 is 0 Å². The average molecular weight is 440 g/mol. The number of rotatable bonds is 6. The van der Waals surface area contributed by atoms with Crippen molar-refractivity contribution < 1.29 is 9.59 Å². The summed E-state index contributed by atoms with van der Waals surface area (Å²) >= 11 is 7.56. The smallest absolute Gasteiger partial charge is 0.265 e. The zero-order valence-electron chi connectivity index (χ0n) is 16.4. The van der Waals surface area contributed by atoms with E-state index in [0.29, 0.717) is 21.2 Å². The third-order valence-electron chi connectivity index (χ3n) is 5.01. The predicted molar refractivity (Wildman–Crippen MR) is 123 cm³/mol. The maximum atomic E-state index is 12.8. The molecule has 7 heteroatoms. The van der Waals surface area contributed by atoms with Gasteiger partial charge in [0.15, 0.2) is 0 Å². The van der Waals surface area contributed by atoms with Crippen molar-refractivity contribution >= 4 is 46.1 Å². The second kappa shape index (κ2) is 9.43. The van der Waals surface area contributed by atoms with Crippen molar-refractivity contribution in [3.05, 3.63) is 81.0 Å². The first-order valence-corrected chi connectivity index (χ1v) is 11.1. The van der Waals surface area contributed by atoms with E-state index in [4.69, 9.17) is 11.6 Å². The molecule has 0 atom stereocenters. The zero-order valence-corrected chi connectivity index (χ0v) is 17.9. The van der Waals surface area contributed by atoms with Gasteiger partial charge in [0.2, 0.25) is 0 Å². The lowest BCUT2D eigenvalue weighted by Crippen LogP contribution is -2.18. The van der Waals surface area contributed by atoms with Crippen molar-refractivity contribution in [3.63, 3.8) is 0 Å². The fraction of sp³-hybridized carbons (Fsp3) is 0.217. The topological polar surface area (TPSA) is 61.4 Å². The van der Waals surface area contributed by atoms with Crippen molar-refractivity contribution in [2.24, 2.45) is 0 Å². The summed E-state index contributed by atoms with van der Waals surface area (Å²) in [6.45, 7) is 3.15. The van der Waals surface area contributed by atoms with Crippen LogP contribution in [0.2, 0.25) is 5.02 Å². The summed E-state index contributed by atoms with van der Waals surface area (Å²) in [7, 11) is 0. The van der Waals surface area contributed by atoms with Crippen molar-refractivity contribution in [2.45, 2.75) is 19.4 Å². The minimum Gasteiger partial charge on any atom is -0.322 e. The number of hydrogen-bond acceptors (Lipinski definition) is 4. The van der Waals surface area contributed by atoms with Gasteiger partial charge in [0.1, 0.15) is 0 Å². The first-order chi connectivity index (χ1) is 14.6. The van der Waals surface area contributed by atoms with Gasteiger partial charge in [-0.25, -0.2) is 0 Å². The largest absolute Gasteiger partial charge is 0.322 e. The Bertz CT molecular complexity index is 1050. The number of likely N-dealkylation sites (tertiary alicyclic amines) is 1. The monoisotopic (exact) mass is 439 g/mol. The van der Waals surface area contributed by atoms with Crippen LogP contribution >= 0.6 is 22.9 Å². The molecular formula is C23H22ClN3O2S. The average Bonchev–Trinajstić information content (AvgIpc) is 3.44. The molecule has 3 aromatic rings. The highest BCUT2D eigenvalue weighted by Crippen LogP contribution is 2.25. The first-order valence-electron chi connectivity index (χ1n) is 9.85. The highest BCUT2D eigenvalue weighted by molar-refractivity contribution is 7.12. The van der Waals surface area contributed by atoms with Crippen LogP contribution in [0, 0.1) is 0 Å². The van der Waals surface area contributed by atoms with Crippen LogP contribution < -0.4 is 10.6 Å². The van der Waals surface area contributed by atoms with Crippen LogP contribution in [-0.2, 0) is 6.54 Å². The summed E-state index contributed by atoms with van der Waals surface area (Å²) in [5, 5.41) is 7.93. The highest BCUT2D eigenvalue weighted by Gasteiger charge is 2.14.